The molecule has 2 aliphatic rings. The molecule has 2 amide bonds. The summed E-state index contributed by atoms with van der Waals surface area (Å²) in [5.74, 6) is -0.950. The molecule has 3 rings (SSSR count). The number of hydrogen-bond acceptors (Lipinski definition) is 5. The molecular weight excluding hydrogens is 474 g/mol. The maximum atomic E-state index is 12.6. The van der Waals surface area contributed by atoms with Crippen molar-refractivity contribution in [2.45, 2.75) is 62.3 Å². The third-order valence-electron chi connectivity index (χ3n) is 5.70. The second kappa shape index (κ2) is 10.4. The molecule has 13 heteroatoms. The highest BCUT2D eigenvalue weighted by Crippen LogP contribution is 2.34. The second-order valence-electron chi connectivity index (χ2n) is 8.33. The summed E-state index contributed by atoms with van der Waals surface area (Å²) >= 11 is 0. The first-order valence-corrected chi connectivity index (χ1v) is 10.6. The van der Waals surface area contributed by atoms with Crippen molar-refractivity contribution < 1.29 is 50.1 Å². The van der Waals surface area contributed by atoms with Crippen molar-refractivity contribution in [3.05, 3.63) is 29.8 Å². The molecule has 1 aliphatic heterocycles. The molecule has 0 unspecified atom stereocenters. The van der Waals surface area contributed by atoms with E-state index in [1.165, 1.54) is 0 Å². The summed E-state index contributed by atoms with van der Waals surface area (Å²) in [5.41, 5.74) is -1.89. The fourth-order valence-corrected chi connectivity index (χ4v) is 3.70. The van der Waals surface area contributed by atoms with E-state index < -0.39 is 60.8 Å². The van der Waals surface area contributed by atoms with Gasteiger partial charge in [-0.25, -0.2) is 0 Å². The Morgan fingerprint density at radius 3 is 2.24 bits per heavy atom. The van der Waals surface area contributed by atoms with Crippen molar-refractivity contribution in [1.29, 1.82) is 0 Å². The molecule has 0 aromatic heterocycles. The van der Waals surface area contributed by atoms with Crippen molar-refractivity contribution in [3.63, 3.8) is 0 Å². The Bertz CT molecular complexity index is 847. The van der Waals surface area contributed by atoms with Gasteiger partial charge in [0.1, 0.15) is 11.9 Å². The minimum Gasteiger partial charge on any atom is -0.484 e. The molecular formula is C21H24F6N2O5. The maximum Gasteiger partial charge on any atom is 0.522 e. The topological polar surface area (TPSA) is 85.9 Å². The fraction of sp³-hybridized carbons (Fsp3) is 0.619. The van der Waals surface area contributed by atoms with E-state index >= 15 is 0 Å². The quantitative estimate of drug-likeness (QED) is 0.538. The van der Waals surface area contributed by atoms with E-state index in [1.807, 2.05) is 0 Å². The van der Waals surface area contributed by atoms with E-state index in [0.717, 1.165) is 24.3 Å². The van der Waals surface area contributed by atoms with Gasteiger partial charge < -0.3 is 20.1 Å². The highest BCUT2D eigenvalue weighted by molar-refractivity contribution is 5.82. The molecule has 1 heterocycles. The monoisotopic (exact) mass is 498 g/mol. The number of benzene rings is 1. The summed E-state index contributed by atoms with van der Waals surface area (Å²) in [6, 6.07) is 3.49. The Hall–Kier alpha value is -2.54. The van der Waals surface area contributed by atoms with Crippen molar-refractivity contribution in [2.24, 2.45) is 0 Å². The molecule has 1 saturated heterocycles. The van der Waals surface area contributed by atoms with Crippen LogP contribution in [0.3, 0.4) is 0 Å². The zero-order valence-corrected chi connectivity index (χ0v) is 17.9. The fourth-order valence-electron chi connectivity index (χ4n) is 3.70. The van der Waals surface area contributed by atoms with E-state index in [0.29, 0.717) is 25.7 Å². The molecule has 2 atom stereocenters. The molecule has 0 bridgehead atoms. The molecule has 1 aliphatic carbocycles. The molecule has 1 aromatic rings. The number of amides is 2. The van der Waals surface area contributed by atoms with Crippen LogP contribution in [-0.4, -0.2) is 55.7 Å². The first kappa shape index (κ1) is 26.1. The molecule has 2 fully saturated rings. The van der Waals surface area contributed by atoms with E-state index in [9.17, 15) is 35.9 Å². The lowest BCUT2D eigenvalue weighted by molar-refractivity contribution is -0.332. The third kappa shape index (κ3) is 7.49. The number of carbonyl (C=O) groups excluding carboxylic acids is 2. The Morgan fingerprint density at radius 1 is 1.06 bits per heavy atom. The summed E-state index contributed by atoms with van der Waals surface area (Å²) in [4.78, 5) is 24.5. The van der Waals surface area contributed by atoms with Gasteiger partial charge in [0.2, 0.25) is 5.91 Å². The summed E-state index contributed by atoms with van der Waals surface area (Å²) in [7, 11) is 0. The number of carbonyl (C=O) groups is 2. The van der Waals surface area contributed by atoms with Crippen LogP contribution in [0.25, 0.3) is 0 Å². The smallest absolute Gasteiger partial charge is 0.484 e. The van der Waals surface area contributed by atoms with E-state index in [1.54, 1.807) is 0 Å². The van der Waals surface area contributed by atoms with Crippen LogP contribution in [0.1, 0.15) is 37.7 Å². The van der Waals surface area contributed by atoms with Crippen molar-refractivity contribution in [2.75, 3.05) is 19.8 Å². The van der Waals surface area contributed by atoms with Crippen LogP contribution in [-0.2, 0) is 25.2 Å². The third-order valence-corrected chi connectivity index (χ3v) is 5.70. The Kier molecular flexibility index (Phi) is 7.96. The number of rotatable bonds is 8. The van der Waals surface area contributed by atoms with Gasteiger partial charge in [-0.1, -0.05) is 0 Å². The van der Waals surface area contributed by atoms with Gasteiger partial charge in [0.05, 0.1) is 30.4 Å². The Balaban J connectivity index is 1.38. The summed E-state index contributed by atoms with van der Waals surface area (Å²) in [6.07, 6.45) is -8.06. The van der Waals surface area contributed by atoms with Gasteiger partial charge >= 0.3 is 12.5 Å². The zero-order valence-electron chi connectivity index (χ0n) is 17.9. The molecule has 0 radical (unpaired) electrons. The van der Waals surface area contributed by atoms with E-state index in [-0.39, 0.29) is 18.8 Å². The summed E-state index contributed by atoms with van der Waals surface area (Å²) in [5, 5.41) is 5.26. The highest BCUT2D eigenvalue weighted by Gasteiger charge is 2.44. The number of ether oxygens (including phenoxy) is 3. The van der Waals surface area contributed by atoms with Gasteiger partial charge in [0.25, 0.3) is 5.91 Å². The van der Waals surface area contributed by atoms with Crippen LogP contribution in [0, 0.1) is 0 Å². The van der Waals surface area contributed by atoms with Crippen LogP contribution >= 0.6 is 0 Å². The average molecular weight is 498 g/mol. The standard InChI is InChI=1S/C21H24F6N2O5/c22-20(23,24)13-2-5-15(6-3-13)32-11-17(30)28-14-4-7-16(33-10-14)18(31)29-19(8-1-9-19)12-34-21(25,26)27/h2-3,5-6,14,16H,1,4,7-12H2,(H,28,30)(H,29,31)/t14-,16+/m1/s1. The first-order valence-electron chi connectivity index (χ1n) is 10.6. The van der Waals surface area contributed by atoms with Crippen LogP contribution in [0.4, 0.5) is 26.3 Å². The molecule has 1 saturated carbocycles. The van der Waals surface area contributed by atoms with Crippen molar-refractivity contribution in [3.8, 4) is 5.75 Å². The molecule has 7 nitrogen and oxygen atoms in total. The highest BCUT2D eigenvalue weighted by atomic mass is 19.4. The maximum absolute atomic E-state index is 12.6. The zero-order chi connectivity index (χ0) is 25.0. The first-order chi connectivity index (χ1) is 15.9. The summed E-state index contributed by atoms with van der Waals surface area (Å²) in [6.45, 7) is -1.07. The average Bonchev–Trinajstić information content (AvgIpc) is 2.73. The largest absolute Gasteiger partial charge is 0.522 e. The number of hydrogen-bond donors (Lipinski definition) is 2. The van der Waals surface area contributed by atoms with Crippen LogP contribution in [0.15, 0.2) is 24.3 Å². The molecule has 34 heavy (non-hydrogen) atoms. The van der Waals surface area contributed by atoms with E-state index in [2.05, 4.69) is 15.4 Å². The van der Waals surface area contributed by atoms with Gasteiger partial charge in [0.15, 0.2) is 6.61 Å². The van der Waals surface area contributed by atoms with Crippen LogP contribution in [0.2, 0.25) is 0 Å². The summed E-state index contributed by atoms with van der Waals surface area (Å²) < 4.78 is 89.3. The number of alkyl halides is 6. The molecule has 190 valence electrons. The predicted octanol–water partition coefficient (Wildman–Crippen LogP) is 3.32. The number of nitrogens with one attached hydrogen (secondary N) is 2. The van der Waals surface area contributed by atoms with Gasteiger partial charge in [-0.2, -0.15) is 13.2 Å². The molecule has 1 aromatic carbocycles. The SMILES string of the molecule is O=C(COc1ccc(C(F)(F)F)cc1)N[C@@H]1CC[C@@H](C(=O)NC2(COC(F)(F)F)CCC2)OC1. The van der Waals surface area contributed by atoms with Crippen molar-refractivity contribution >= 4 is 11.8 Å². The van der Waals surface area contributed by atoms with Gasteiger partial charge in [-0.05, 0) is 56.4 Å². The predicted molar refractivity (Wildman–Crippen MR) is 105 cm³/mol. The number of halogens is 6. The second-order valence-corrected chi connectivity index (χ2v) is 8.33. The normalized spacial score (nSPS) is 22.4. The lowest BCUT2D eigenvalue weighted by atomic mass is 9.77. The Morgan fingerprint density at radius 2 is 1.74 bits per heavy atom. The van der Waals surface area contributed by atoms with Crippen LogP contribution in [0.5, 0.6) is 5.75 Å². The lowest BCUT2D eigenvalue weighted by Crippen LogP contribution is -2.60. The van der Waals surface area contributed by atoms with Crippen molar-refractivity contribution in [1.82, 2.24) is 10.6 Å². The minimum absolute atomic E-state index is 0.0101. The van der Waals surface area contributed by atoms with Gasteiger partial charge in [-0.3, -0.25) is 14.3 Å². The van der Waals surface area contributed by atoms with Gasteiger partial charge in [-0.15, -0.1) is 13.2 Å². The van der Waals surface area contributed by atoms with Gasteiger partial charge in [0, 0.05) is 0 Å². The minimum atomic E-state index is -4.78. The molecule has 2 N–H and O–H groups in total. The van der Waals surface area contributed by atoms with Crippen LogP contribution < -0.4 is 15.4 Å². The molecule has 0 spiro atoms. The Labute approximate surface area is 191 Å². The van der Waals surface area contributed by atoms with E-state index in [4.69, 9.17) is 9.47 Å². The lowest BCUT2D eigenvalue weighted by Gasteiger charge is -2.43.